The molecule has 2 aliphatic carbocycles. The molecule has 0 aromatic heterocycles. The molecule has 2 saturated carbocycles. The molecule has 0 bridgehead atoms. The Kier molecular flexibility index (Phi) is 2.83. The van der Waals surface area contributed by atoms with E-state index in [1.165, 1.54) is 37.7 Å². The Balaban J connectivity index is 1.73. The fourth-order valence-corrected chi connectivity index (χ4v) is 2.72. The predicted molar refractivity (Wildman–Crippen MR) is 69.0 cm³/mol. The minimum atomic E-state index is -0.0869. The molecular formula is C15H21NO. The predicted octanol–water partition coefficient (Wildman–Crippen LogP) is 3.35. The number of nitrogens with two attached hydrogens (primary N) is 1. The van der Waals surface area contributed by atoms with Crippen LogP contribution in [-0.4, -0.2) is 6.10 Å². The summed E-state index contributed by atoms with van der Waals surface area (Å²) in [6, 6.07) is 8.47. The van der Waals surface area contributed by atoms with Crippen molar-refractivity contribution in [3.8, 4) is 5.75 Å². The lowest BCUT2D eigenvalue weighted by Gasteiger charge is -2.34. The highest BCUT2D eigenvalue weighted by Crippen LogP contribution is 2.35. The number of hydrogen-bond acceptors (Lipinski definition) is 2. The van der Waals surface area contributed by atoms with Gasteiger partial charge >= 0.3 is 0 Å². The Hall–Kier alpha value is -1.02. The molecule has 0 unspecified atom stereocenters. The summed E-state index contributed by atoms with van der Waals surface area (Å²) in [5, 5.41) is 0. The van der Waals surface area contributed by atoms with Gasteiger partial charge in [-0.05, 0) is 43.4 Å². The molecule has 17 heavy (non-hydrogen) atoms. The van der Waals surface area contributed by atoms with Gasteiger partial charge in [0.15, 0.2) is 0 Å². The molecule has 0 radical (unpaired) electrons. The monoisotopic (exact) mass is 231 g/mol. The van der Waals surface area contributed by atoms with Gasteiger partial charge in [-0.25, -0.2) is 0 Å². The summed E-state index contributed by atoms with van der Waals surface area (Å²) < 4.78 is 5.76. The van der Waals surface area contributed by atoms with Gasteiger partial charge in [-0.15, -0.1) is 0 Å². The maximum absolute atomic E-state index is 6.50. The fraction of sp³-hybridized carbons (Fsp3) is 0.600. The van der Waals surface area contributed by atoms with E-state index in [0.29, 0.717) is 6.10 Å². The first-order valence-corrected chi connectivity index (χ1v) is 6.82. The van der Waals surface area contributed by atoms with E-state index in [0.717, 1.165) is 18.6 Å². The summed E-state index contributed by atoms with van der Waals surface area (Å²) in [6.45, 7) is 0. The van der Waals surface area contributed by atoms with E-state index in [9.17, 15) is 0 Å². The highest BCUT2D eigenvalue weighted by atomic mass is 16.5. The molecule has 2 nitrogen and oxygen atoms in total. The van der Waals surface area contributed by atoms with Crippen LogP contribution >= 0.6 is 0 Å². The molecule has 1 aromatic rings. The maximum Gasteiger partial charge on any atom is 0.119 e. The topological polar surface area (TPSA) is 35.2 Å². The van der Waals surface area contributed by atoms with E-state index >= 15 is 0 Å². The van der Waals surface area contributed by atoms with Crippen LogP contribution in [0.25, 0.3) is 0 Å². The van der Waals surface area contributed by atoms with Gasteiger partial charge in [-0.2, -0.15) is 0 Å². The third-order valence-electron chi connectivity index (χ3n) is 4.00. The van der Waals surface area contributed by atoms with Crippen molar-refractivity contribution in [2.75, 3.05) is 0 Å². The Morgan fingerprint density at radius 2 is 1.65 bits per heavy atom. The smallest absolute Gasteiger partial charge is 0.119 e. The zero-order chi connectivity index (χ0) is 11.7. The van der Waals surface area contributed by atoms with Crippen molar-refractivity contribution in [3.63, 3.8) is 0 Å². The van der Waals surface area contributed by atoms with Crippen molar-refractivity contribution >= 4 is 0 Å². The molecule has 0 atom stereocenters. The molecule has 2 heteroatoms. The van der Waals surface area contributed by atoms with Crippen LogP contribution in [0.3, 0.4) is 0 Å². The second-order valence-electron chi connectivity index (χ2n) is 5.56. The summed E-state index contributed by atoms with van der Waals surface area (Å²) in [6.07, 6.45) is 8.99. The summed E-state index contributed by atoms with van der Waals surface area (Å²) in [4.78, 5) is 0. The number of hydrogen-bond donors (Lipinski definition) is 1. The second-order valence-corrected chi connectivity index (χ2v) is 5.56. The van der Waals surface area contributed by atoms with Gasteiger partial charge in [0, 0.05) is 5.54 Å². The van der Waals surface area contributed by atoms with Crippen molar-refractivity contribution in [1.82, 2.24) is 0 Å². The molecule has 92 valence electrons. The molecular weight excluding hydrogens is 210 g/mol. The lowest BCUT2D eigenvalue weighted by molar-refractivity contribution is 0.296. The fourth-order valence-electron chi connectivity index (χ4n) is 2.72. The van der Waals surface area contributed by atoms with Gasteiger partial charge in [-0.1, -0.05) is 31.4 Å². The van der Waals surface area contributed by atoms with Crippen LogP contribution in [0, 0.1) is 0 Å². The van der Waals surface area contributed by atoms with Gasteiger partial charge in [0.05, 0.1) is 6.10 Å². The van der Waals surface area contributed by atoms with Crippen LogP contribution in [0.1, 0.15) is 50.5 Å². The lowest BCUT2D eigenvalue weighted by atomic mass is 9.77. The number of benzene rings is 1. The Morgan fingerprint density at radius 1 is 1.00 bits per heavy atom. The van der Waals surface area contributed by atoms with E-state index in [2.05, 4.69) is 24.3 Å². The Labute approximate surface area is 103 Å². The maximum atomic E-state index is 6.50. The number of ether oxygens (including phenoxy) is 1. The van der Waals surface area contributed by atoms with E-state index in [-0.39, 0.29) is 5.54 Å². The number of rotatable bonds is 3. The standard InChI is InChI=1S/C15H21NO/c16-15(10-2-1-3-11-15)12-4-6-13(7-5-12)17-14-8-9-14/h4-7,14H,1-3,8-11,16H2. The average molecular weight is 231 g/mol. The van der Waals surface area contributed by atoms with Crippen LogP contribution in [0.15, 0.2) is 24.3 Å². The zero-order valence-corrected chi connectivity index (χ0v) is 10.3. The molecule has 3 rings (SSSR count). The quantitative estimate of drug-likeness (QED) is 0.866. The first-order chi connectivity index (χ1) is 8.26. The second kappa shape index (κ2) is 4.34. The molecule has 0 amide bonds. The Bertz CT molecular complexity index is 374. The molecule has 0 heterocycles. The molecule has 1 aromatic carbocycles. The molecule has 0 spiro atoms. The van der Waals surface area contributed by atoms with Gasteiger partial charge in [0.1, 0.15) is 5.75 Å². The van der Waals surface area contributed by atoms with Crippen LogP contribution in [0.4, 0.5) is 0 Å². The van der Waals surface area contributed by atoms with Crippen molar-refractivity contribution in [2.24, 2.45) is 5.73 Å². The van der Waals surface area contributed by atoms with Crippen LogP contribution in [-0.2, 0) is 5.54 Å². The normalized spacial score (nSPS) is 23.4. The van der Waals surface area contributed by atoms with Gasteiger partial charge in [0.25, 0.3) is 0 Å². The van der Waals surface area contributed by atoms with Gasteiger partial charge in [-0.3, -0.25) is 0 Å². The van der Waals surface area contributed by atoms with E-state index in [1.54, 1.807) is 0 Å². The molecule has 0 saturated heterocycles. The summed E-state index contributed by atoms with van der Waals surface area (Å²) in [7, 11) is 0. The van der Waals surface area contributed by atoms with Gasteiger partial charge < -0.3 is 10.5 Å². The van der Waals surface area contributed by atoms with Crippen LogP contribution in [0.5, 0.6) is 5.75 Å². The average Bonchev–Trinajstić information content (AvgIpc) is 3.15. The van der Waals surface area contributed by atoms with E-state index in [4.69, 9.17) is 10.5 Å². The Morgan fingerprint density at radius 3 is 2.24 bits per heavy atom. The highest BCUT2D eigenvalue weighted by Gasteiger charge is 2.29. The molecule has 2 aliphatic rings. The minimum absolute atomic E-state index is 0.0869. The summed E-state index contributed by atoms with van der Waals surface area (Å²) >= 11 is 0. The summed E-state index contributed by atoms with van der Waals surface area (Å²) in [5.41, 5.74) is 7.69. The third kappa shape index (κ3) is 2.47. The first kappa shape index (κ1) is 11.1. The molecule has 2 fully saturated rings. The summed E-state index contributed by atoms with van der Waals surface area (Å²) in [5.74, 6) is 0.996. The van der Waals surface area contributed by atoms with Gasteiger partial charge in [0.2, 0.25) is 0 Å². The van der Waals surface area contributed by atoms with Crippen molar-refractivity contribution in [2.45, 2.75) is 56.6 Å². The first-order valence-electron chi connectivity index (χ1n) is 6.82. The highest BCUT2D eigenvalue weighted by molar-refractivity contribution is 5.32. The molecule has 2 N–H and O–H groups in total. The van der Waals surface area contributed by atoms with Crippen LogP contribution < -0.4 is 10.5 Å². The SMILES string of the molecule is NC1(c2ccc(OC3CC3)cc2)CCCCC1. The minimum Gasteiger partial charge on any atom is -0.490 e. The van der Waals surface area contributed by atoms with Crippen molar-refractivity contribution in [3.05, 3.63) is 29.8 Å². The largest absolute Gasteiger partial charge is 0.490 e. The van der Waals surface area contributed by atoms with E-state index in [1.807, 2.05) is 0 Å². The van der Waals surface area contributed by atoms with E-state index < -0.39 is 0 Å². The van der Waals surface area contributed by atoms with Crippen molar-refractivity contribution in [1.29, 1.82) is 0 Å². The third-order valence-corrected chi connectivity index (χ3v) is 4.00. The van der Waals surface area contributed by atoms with Crippen LogP contribution in [0.2, 0.25) is 0 Å². The molecule has 0 aliphatic heterocycles. The van der Waals surface area contributed by atoms with Crippen molar-refractivity contribution < 1.29 is 4.74 Å². The zero-order valence-electron chi connectivity index (χ0n) is 10.3. The lowest BCUT2D eigenvalue weighted by Crippen LogP contribution is -2.38.